The number of nitrogens with zero attached hydrogens (tertiary/aromatic N) is 1. The van der Waals surface area contributed by atoms with Crippen molar-refractivity contribution in [2.45, 2.75) is 0 Å². The van der Waals surface area contributed by atoms with Gasteiger partial charge in [0.25, 0.3) is 0 Å². The van der Waals surface area contributed by atoms with Crippen LogP contribution in [-0.4, -0.2) is 4.98 Å². The number of pyridine rings is 1. The molecule has 76 valence electrons. The number of hydrogen-bond donors (Lipinski definition) is 0. The molecule has 1 heterocycles. The molecule has 0 fully saturated rings. The van der Waals surface area contributed by atoms with Crippen molar-refractivity contribution in [1.82, 2.24) is 4.98 Å². The molecule has 0 radical (unpaired) electrons. The summed E-state index contributed by atoms with van der Waals surface area (Å²) in [6.45, 7) is 0. The Morgan fingerprint density at radius 1 is 1.07 bits per heavy atom. The highest BCUT2D eigenvalue weighted by Crippen LogP contribution is 2.30. The van der Waals surface area contributed by atoms with E-state index in [0.29, 0.717) is 21.7 Å². The van der Waals surface area contributed by atoms with Gasteiger partial charge in [0.15, 0.2) is 0 Å². The second-order valence-corrected chi connectivity index (χ2v) is 3.69. The van der Waals surface area contributed by atoms with Crippen LogP contribution in [-0.2, 0) is 0 Å². The SMILES string of the molecule is Clc1ccc(Cl)c(Oc2ccccn2)c1. The molecular weight excluding hydrogens is 233 g/mol. The molecule has 0 spiro atoms. The van der Waals surface area contributed by atoms with Crippen LogP contribution in [0.3, 0.4) is 0 Å². The van der Waals surface area contributed by atoms with Crippen LogP contribution in [0.5, 0.6) is 11.6 Å². The van der Waals surface area contributed by atoms with Crippen LogP contribution in [0.2, 0.25) is 10.0 Å². The zero-order valence-corrected chi connectivity index (χ0v) is 9.16. The number of benzene rings is 1. The Morgan fingerprint density at radius 3 is 2.67 bits per heavy atom. The Bertz CT molecular complexity index is 459. The molecule has 4 heteroatoms. The minimum Gasteiger partial charge on any atom is -0.437 e. The quantitative estimate of drug-likeness (QED) is 0.785. The van der Waals surface area contributed by atoms with E-state index in [1.807, 2.05) is 12.1 Å². The Morgan fingerprint density at radius 2 is 1.93 bits per heavy atom. The molecule has 0 aliphatic carbocycles. The molecule has 1 aromatic carbocycles. The number of hydrogen-bond acceptors (Lipinski definition) is 2. The van der Waals surface area contributed by atoms with Gasteiger partial charge in [0.1, 0.15) is 5.75 Å². The number of ether oxygens (including phenoxy) is 1. The zero-order chi connectivity index (χ0) is 10.7. The van der Waals surface area contributed by atoms with E-state index >= 15 is 0 Å². The zero-order valence-electron chi connectivity index (χ0n) is 7.65. The first-order valence-corrected chi connectivity index (χ1v) is 5.05. The predicted molar refractivity (Wildman–Crippen MR) is 60.8 cm³/mol. The number of rotatable bonds is 2. The van der Waals surface area contributed by atoms with Gasteiger partial charge in [-0.2, -0.15) is 0 Å². The fraction of sp³-hybridized carbons (Fsp3) is 0. The maximum Gasteiger partial charge on any atom is 0.219 e. The van der Waals surface area contributed by atoms with Crippen LogP contribution >= 0.6 is 23.2 Å². The molecule has 0 aliphatic rings. The molecule has 0 aliphatic heterocycles. The lowest BCUT2D eigenvalue weighted by molar-refractivity contribution is 0.463. The maximum absolute atomic E-state index is 5.93. The third-order valence-electron chi connectivity index (χ3n) is 1.75. The molecule has 0 saturated heterocycles. The van der Waals surface area contributed by atoms with Crippen molar-refractivity contribution < 1.29 is 4.74 Å². The summed E-state index contributed by atoms with van der Waals surface area (Å²) in [5.74, 6) is 0.990. The van der Waals surface area contributed by atoms with E-state index in [2.05, 4.69) is 4.98 Å². The van der Waals surface area contributed by atoms with Crippen LogP contribution in [0.1, 0.15) is 0 Å². The third-order valence-corrected chi connectivity index (χ3v) is 2.29. The van der Waals surface area contributed by atoms with E-state index < -0.39 is 0 Å². The highest BCUT2D eigenvalue weighted by atomic mass is 35.5. The Balaban J connectivity index is 2.28. The van der Waals surface area contributed by atoms with Gasteiger partial charge >= 0.3 is 0 Å². The highest BCUT2D eigenvalue weighted by Gasteiger charge is 2.04. The van der Waals surface area contributed by atoms with E-state index in [-0.39, 0.29) is 0 Å². The number of aromatic nitrogens is 1. The second-order valence-electron chi connectivity index (χ2n) is 2.84. The lowest BCUT2D eigenvalue weighted by Crippen LogP contribution is -1.87. The predicted octanol–water partition coefficient (Wildman–Crippen LogP) is 4.18. The van der Waals surface area contributed by atoms with Gasteiger partial charge < -0.3 is 4.74 Å². The van der Waals surface area contributed by atoms with Gasteiger partial charge in [0.2, 0.25) is 5.88 Å². The van der Waals surface area contributed by atoms with Crippen LogP contribution in [0.25, 0.3) is 0 Å². The highest BCUT2D eigenvalue weighted by molar-refractivity contribution is 6.34. The minimum absolute atomic E-state index is 0.488. The fourth-order valence-electron chi connectivity index (χ4n) is 1.08. The average molecular weight is 240 g/mol. The van der Waals surface area contributed by atoms with Gasteiger partial charge in [-0.25, -0.2) is 4.98 Å². The summed E-state index contributed by atoms with van der Waals surface area (Å²) < 4.78 is 5.46. The first-order chi connectivity index (χ1) is 7.25. The normalized spacial score (nSPS) is 10.0. The molecule has 0 amide bonds. The smallest absolute Gasteiger partial charge is 0.219 e. The minimum atomic E-state index is 0.488. The van der Waals surface area contributed by atoms with E-state index in [4.69, 9.17) is 27.9 Å². The van der Waals surface area contributed by atoms with Gasteiger partial charge in [-0.05, 0) is 18.2 Å². The van der Waals surface area contributed by atoms with E-state index in [1.54, 1.807) is 30.5 Å². The largest absolute Gasteiger partial charge is 0.437 e. The number of halogens is 2. The molecule has 0 bridgehead atoms. The third kappa shape index (κ3) is 2.61. The molecule has 0 atom stereocenters. The molecule has 2 aromatic rings. The Kier molecular flexibility index (Phi) is 3.09. The molecule has 0 unspecified atom stereocenters. The summed E-state index contributed by atoms with van der Waals surface area (Å²) in [7, 11) is 0. The van der Waals surface area contributed by atoms with Crippen molar-refractivity contribution >= 4 is 23.2 Å². The summed E-state index contributed by atoms with van der Waals surface area (Å²) in [4.78, 5) is 4.02. The van der Waals surface area contributed by atoms with Crippen molar-refractivity contribution in [3.8, 4) is 11.6 Å². The van der Waals surface area contributed by atoms with Crippen molar-refractivity contribution in [2.24, 2.45) is 0 Å². The standard InChI is InChI=1S/C11H7Cl2NO/c12-8-4-5-9(13)10(7-8)15-11-3-1-2-6-14-11/h1-7H. The first kappa shape index (κ1) is 10.3. The van der Waals surface area contributed by atoms with E-state index in [0.717, 1.165) is 0 Å². The van der Waals surface area contributed by atoms with Gasteiger partial charge in [-0.1, -0.05) is 29.3 Å². The molecular formula is C11H7Cl2NO. The monoisotopic (exact) mass is 239 g/mol. The molecule has 0 saturated carbocycles. The molecule has 15 heavy (non-hydrogen) atoms. The first-order valence-electron chi connectivity index (χ1n) is 4.29. The lowest BCUT2D eigenvalue weighted by Gasteiger charge is -2.06. The van der Waals surface area contributed by atoms with Crippen molar-refractivity contribution in [1.29, 1.82) is 0 Å². The Labute approximate surface area is 97.4 Å². The van der Waals surface area contributed by atoms with Crippen molar-refractivity contribution in [3.63, 3.8) is 0 Å². The topological polar surface area (TPSA) is 22.1 Å². The van der Waals surface area contributed by atoms with Gasteiger partial charge in [0, 0.05) is 23.4 Å². The van der Waals surface area contributed by atoms with Crippen LogP contribution < -0.4 is 4.74 Å². The van der Waals surface area contributed by atoms with Crippen LogP contribution in [0, 0.1) is 0 Å². The van der Waals surface area contributed by atoms with Crippen molar-refractivity contribution in [3.05, 3.63) is 52.6 Å². The van der Waals surface area contributed by atoms with Gasteiger partial charge in [-0.15, -0.1) is 0 Å². The molecule has 2 nitrogen and oxygen atoms in total. The van der Waals surface area contributed by atoms with E-state index in [1.165, 1.54) is 0 Å². The fourth-order valence-corrected chi connectivity index (χ4v) is 1.39. The summed E-state index contributed by atoms with van der Waals surface area (Å²) in [6.07, 6.45) is 1.65. The summed E-state index contributed by atoms with van der Waals surface area (Å²) >= 11 is 11.8. The maximum atomic E-state index is 5.93. The van der Waals surface area contributed by atoms with Crippen LogP contribution in [0.4, 0.5) is 0 Å². The van der Waals surface area contributed by atoms with Crippen molar-refractivity contribution in [2.75, 3.05) is 0 Å². The Hall–Kier alpha value is -1.25. The average Bonchev–Trinajstić information content (AvgIpc) is 2.25. The summed E-state index contributed by atoms with van der Waals surface area (Å²) in [5, 5.41) is 1.08. The lowest BCUT2D eigenvalue weighted by atomic mass is 10.3. The summed E-state index contributed by atoms with van der Waals surface area (Å²) in [6, 6.07) is 10.4. The molecule has 1 aromatic heterocycles. The second kappa shape index (κ2) is 4.51. The molecule has 0 N–H and O–H groups in total. The van der Waals surface area contributed by atoms with Gasteiger partial charge in [-0.3, -0.25) is 0 Å². The van der Waals surface area contributed by atoms with Gasteiger partial charge in [0.05, 0.1) is 5.02 Å². The van der Waals surface area contributed by atoms with Crippen LogP contribution in [0.15, 0.2) is 42.6 Å². The molecule has 2 rings (SSSR count). The summed E-state index contributed by atoms with van der Waals surface area (Å²) in [5.41, 5.74) is 0. The van der Waals surface area contributed by atoms with E-state index in [9.17, 15) is 0 Å².